The smallest absolute Gasteiger partial charge is 0.326 e. The number of aliphatic hydroxyl groups is 1. The Bertz CT molecular complexity index is 2500. The second-order valence-electron chi connectivity index (χ2n) is 16.9. The zero-order chi connectivity index (χ0) is 54.9. The zero-order valence-electron chi connectivity index (χ0n) is 40.4. The van der Waals surface area contributed by atoms with E-state index in [9.17, 15) is 68.1 Å². The monoisotopic (exact) mass is 1040 g/mol. The molecule has 74 heavy (non-hydrogen) atoms. The third kappa shape index (κ3) is 21.0. The van der Waals surface area contributed by atoms with E-state index in [2.05, 4.69) is 52.5 Å². The molecule has 0 radical (unpaired) electrons. The number of carboxylic acids is 2. The van der Waals surface area contributed by atoms with E-state index < -0.39 is 146 Å². The quantitative estimate of drug-likeness (QED) is 0.0158. The van der Waals surface area contributed by atoms with Crippen LogP contribution in [0.5, 0.6) is 0 Å². The normalized spacial score (nSPS) is 13.7. The van der Waals surface area contributed by atoms with Crippen molar-refractivity contribution in [3.8, 4) is 0 Å². The summed E-state index contributed by atoms with van der Waals surface area (Å²) < 4.78 is 0. The summed E-state index contributed by atoms with van der Waals surface area (Å²) in [6.45, 7) is -1.21. The van der Waals surface area contributed by atoms with E-state index in [1.54, 1.807) is 60.8 Å². The third-order valence-corrected chi connectivity index (χ3v) is 11.0. The number of primary amides is 1. The number of nitrogens with one attached hydrogen (secondary N) is 9. The number of carboxylic acid groups (broad SMARTS) is 2. The van der Waals surface area contributed by atoms with Gasteiger partial charge in [-0.25, -0.2) is 4.79 Å². The van der Waals surface area contributed by atoms with Crippen molar-refractivity contribution in [3.63, 3.8) is 0 Å². The second kappa shape index (κ2) is 30.3. The molecule has 20 N–H and O–H groups in total. The van der Waals surface area contributed by atoms with Gasteiger partial charge in [-0.3, -0.25) is 52.9 Å². The van der Waals surface area contributed by atoms with Crippen LogP contribution in [0.15, 0.2) is 65.8 Å². The van der Waals surface area contributed by atoms with E-state index in [0.717, 1.165) is 5.56 Å². The van der Waals surface area contributed by atoms with Crippen LogP contribution in [0.3, 0.4) is 0 Å². The molecule has 28 nitrogen and oxygen atoms in total. The molecule has 28 heteroatoms. The molecular weight excluding hydrogens is 973 g/mol. The maximum atomic E-state index is 13.7. The summed E-state index contributed by atoms with van der Waals surface area (Å²) in [5, 5.41) is 48.4. The van der Waals surface area contributed by atoms with Crippen molar-refractivity contribution in [3.05, 3.63) is 71.9 Å². The van der Waals surface area contributed by atoms with Crippen LogP contribution < -0.4 is 65.5 Å². The molecular formula is C46H64N14O14. The van der Waals surface area contributed by atoms with Crippen molar-refractivity contribution in [1.82, 2.24) is 47.5 Å². The number of hydrogen-bond acceptors (Lipinski definition) is 14. The lowest BCUT2D eigenvalue weighted by molar-refractivity contribution is -0.142. The van der Waals surface area contributed by atoms with Gasteiger partial charge in [0.05, 0.1) is 25.7 Å². The Morgan fingerprint density at radius 2 is 1.16 bits per heavy atom. The number of fused-ring (bicyclic) bond motifs is 1. The Morgan fingerprint density at radius 3 is 1.78 bits per heavy atom. The summed E-state index contributed by atoms with van der Waals surface area (Å²) in [6, 6.07) is 5.93. The fourth-order valence-electron chi connectivity index (χ4n) is 7.04. The summed E-state index contributed by atoms with van der Waals surface area (Å²) in [6.07, 6.45) is -0.296. The summed E-state index contributed by atoms with van der Waals surface area (Å²) in [5.41, 5.74) is 23.9. The van der Waals surface area contributed by atoms with Gasteiger partial charge in [0.2, 0.25) is 53.2 Å². The predicted octanol–water partition coefficient (Wildman–Crippen LogP) is -5.30. The Kier molecular flexibility index (Phi) is 24.4. The van der Waals surface area contributed by atoms with Crippen LogP contribution in [0.1, 0.15) is 56.6 Å². The van der Waals surface area contributed by atoms with Crippen molar-refractivity contribution >= 4 is 82.0 Å². The molecule has 2 aromatic carbocycles. The maximum absolute atomic E-state index is 13.7. The number of H-pyrrole nitrogens is 1. The lowest BCUT2D eigenvalue weighted by Crippen LogP contribution is -2.58. The molecule has 0 aliphatic carbocycles. The Labute approximate surface area is 423 Å². The van der Waals surface area contributed by atoms with E-state index >= 15 is 0 Å². The highest BCUT2D eigenvalue weighted by molar-refractivity contribution is 5.97. The lowest BCUT2D eigenvalue weighted by Gasteiger charge is -2.23. The fraction of sp³-hybridized carbons (Fsp3) is 0.435. The van der Waals surface area contributed by atoms with Crippen molar-refractivity contribution in [2.75, 3.05) is 26.2 Å². The Balaban J connectivity index is 1.64. The molecule has 0 bridgehead atoms. The number of hydrogen-bond donors (Lipinski definition) is 16. The van der Waals surface area contributed by atoms with Gasteiger partial charge in [0.25, 0.3) is 0 Å². The number of aromatic nitrogens is 1. The minimum atomic E-state index is -1.60. The van der Waals surface area contributed by atoms with E-state index in [1.807, 2.05) is 0 Å². The molecule has 0 aliphatic rings. The molecule has 9 amide bonds. The number of rotatable bonds is 32. The summed E-state index contributed by atoms with van der Waals surface area (Å²) in [5.74, 6) is -11.4. The molecule has 0 aliphatic heterocycles. The molecule has 0 fully saturated rings. The molecule has 0 spiro atoms. The van der Waals surface area contributed by atoms with E-state index in [0.29, 0.717) is 16.5 Å². The number of carbonyl (C=O) groups excluding carboxylic acids is 9. The molecule has 0 saturated carbocycles. The predicted molar refractivity (Wildman–Crippen MR) is 263 cm³/mol. The highest BCUT2D eigenvalue weighted by atomic mass is 16.4. The summed E-state index contributed by atoms with van der Waals surface area (Å²) >= 11 is 0. The average molecular weight is 1040 g/mol. The Morgan fingerprint density at radius 1 is 0.608 bits per heavy atom. The topological polar surface area (TPSA) is 477 Å². The van der Waals surface area contributed by atoms with Crippen LogP contribution >= 0.6 is 0 Å². The molecule has 402 valence electrons. The number of guanidine groups is 1. The standard InChI is InChI=1S/C46H64N14O14/c1-24(39(67)57-30(14-16-38(65)66)41(69)53-22-37(64)56-31(13-15-35(48)62)43(71)58-32(45(73)74)12-7-17-51-46(49)50)55-36(63)21-54-42(70)33(19-26-20-52-29-11-6-5-10-27(26)29)59-44(72)34(23-61)60-40(68)28(47)18-25-8-3-2-4-9-25/h2-6,8-11,20,24,28,30-34,52,61H,7,12-19,21-23,47H2,1H3,(H2,48,62)(H,53,69)(H,54,70)(H,55,63)(H,56,64)(H,57,67)(H,58,71)(H,59,72)(H,60,68)(H,65,66)(H,73,74)(H4,49,50,51). The first kappa shape index (κ1) is 59.6. The lowest BCUT2D eigenvalue weighted by atomic mass is 10.0. The van der Waals surface area contributed by atoms with Gasteiger partial charge in [0, 0.05) is 42.9 Å². The van der Waals surface area contributed by atoms with Crippen molar-refractivity contribution in [1.29, 1.82) is 0 Å². The number of aliphatic hydroxyl groups excluding tert-OH is 1. The number of nitrogens with two attached hydrogens (primary N) is 4. The number of benzene rings is 2. The Hall–Kier alpha value is -8.66. The maximum Gasteiger partial charge on any atom is 0.326 e. The van der Waals surface area contributed by atoms with Crippen LogP contribution in [0.2, 0.25) is 0 Å². The van der Waals surface area contributed by atoms with Gasteiger partial charge in [-0.2, -0.15) is 0 Å². The molecule has 0 saturated heterocycles. The van der Waals surface area contributed by atoms with Crippen LogP contribution in [0.25, 0.3) is 10.9 Å². The fourth-order valence-corrected chi connectivity index (χ4v) is 7.04. The van der Waals surface area contributed by atoms with Gasteiger partial charge in [0.15, 0.2) is 5.96 Å². The average Bonchev–Trinajstić information content (AvgIpc) is 3.76. The van der Waals surface area contributed by atoms with E-state index in [-0.39, 0.29) is 44.6 Å². The van der Waals surface area contributed by atoms with Gasteiger partial charge < -0.3 is 85.8 Å². The largest absolute Gasteiger partial charge is 0.481 e. The van der Waals surface area contributed by atoms with Crippen molar-refractivity contribution in [2.45, 2.75) is 101 Å². The number of carbonyl (C=O) groups is 11. The minimum absolute atomic E-state index is 0.0514. The summed E-state index contributed by atoms with van der Waals surface area (Å²) in [7, 11) is 0. The van der Waals surface area contributed by atoms with E-state index in [1.165, 1.54) is 6.92 Å². The van der Waals surface area contributed by atoms with Gasteiger partial charge in [0.1, 0.15) is 36.3 Å². The summed E-state index contributed by atoms with van der Waals surface area (Å²) in [4.78, 5) is 147. The molecule has 1 heterocycles. The van der Waals surface area contributed by atoms with Crippen LogP contribution in [0.4, 0.5) is 0 Å². The van der Waals surface area contributed by atoms with Gasteiger partial charge >= 0.3 is 11.9 Å². The van der Waals surface area contributed by atoms with Crippen LogP contribution in [0, 0.1) is 0 Å². The van der Waals surface area contributed by atoms with E-state index in [4.69, 9.17) is 22.9 Å². The molecule has 3 rings (SSSR count). The van der Waals surface area contributed by atoms with Crippen LogP contribution in [-0.2, 0) is 65.6 Å². The number of aliphatic carboxylic acids is 2. The number of aliphatic imine (C=N–C) groups is 1. The van der Waals surface area contributed by atoms with Crippen molar-refractivity contribution < 1.29 is 68.1 Å². The second-order valence-corrected chi connectivity index (χ2v) is 16.9. The van der Waals surface area contributed by atoms with Gasteiger partial charge in [-0.15, -0.1) is 0 Å². The number of para-hydroxylation sites is 1. The first-order valence-corrected chi connectivity index (χ1v) is 23.2. The SMILES string of the molecule is CC(NC(=O)CNC(=O)C(Cc1c[nH]c2ccccc12)NC(=O)C(CO)NC(=O)C(N)Cc1ccccc1)C(=O)NC(CCC(=O)O)C(=O)NCC(=O)NC(CCC(N)=O)C(=O)NC(CCCN=C(N)N)C(=O)O. The van der Waals surface area contributed by atoms with Crippen LogP contribution in [-0.4, -0.2) is 160 Å². The number of amides is 9. The van der Waals surface area contributed by atoms with Gasteiger partial charge in [-0.1, -0.05) is 48.5 Å². The first-order chi connectivity index (χ1) is 35.1. The highest BCUT2D eigenvalue weighted by Crippen LogP contribution is 2.19. The van der Waals surface area contributed by atoms with Gasteiger partial charge in [-0.05, 0) is 56.2 Å². The minimum Gasteiger partial charge on any atom is -0.481 e. The van der Waals surface area contributed by atoms with Crippen molar-refractivity contribution in [2.24, 2.45) is 27.9 Å². The highest BCUT2D eigenvalue weighted by Gasteiger charge is 2.31. The number of nitrogens with zero attached hydrogens (tertiary/aromatic N) is 1. The zero-order valence-corrected chi connectivity index (χ0v) is 40.4. The molecule has 7 unspecified atom stereocenters. The molecule has 3 aromatic rings. The third-order valence-electron chi connectivity index (χ3n) is 11.0. The molecule has 1 aromatic heterocycles. The number of aromatic amines is 1. The first-order valence-electron chi connectivity index (χ1n) is 23.2. The molecule has 7 atom stereocenters.